The molecule has 1 aliphatic heterocycles. The van der Waals surface area contributed by atoms with Crippen LogP contribution in [0.5, 0.6) is 11.5 Å². The molecule has 0 saturated carbocycles. The molecule has 0 aromatic heterocycles. The van der Waals surface area contributed by atoms with Crippen LogP contribution in [0, 0.1) is 6.92 Å². The number of methoxy groups -OCH3 is 1. The maximum Gasteiger partial charge on any atom is 0.260 e. The number of ether oxygens (including phenoxy) is 2. The molecule has 2 aromatic carbocycles. The maximum atomic E-state index is 12.4. The second kappa shape index (κ2) is 9.11. The molecule has 1 saturated heterocycles. The highest BCUT2D eigenvalue weighted by molar-refractivity contribution is 6.30. The zero-order valence-corrected chi connectivity index (χ0v) is 16.6. The van der Waals surface area contributed by atoms with Gasteiger partial charge in [-0.25, -0.2) is 0 Å². The summed E-state index contributed by atoms with van der Waals surface area (Å²) in [5.74, 6) is 1.62. The fourth-order valence-corrected chi connectivity index (χ4v) is 3.51. The van der Waals surface area contributed by atoms with E-state index in [1.807, 2.05) is 36.1 Å². The maximum absolute atomic E-state index is 12.4. The Labute approximate surface area is 165 Å². The predicted molar refractivity (Wildman–Crippen MR) is 106 cm³/mol. The molecule has 1 amide bonds. The van der Waals surface area contributed by atoms with Crippen molar-refractivity contribution in [3.05, 3.63) is 58.6 Å². The molecule has 1 N–H and O–H groups in total. The van der Waals surface area contributed by atoms with Crippen LogP contribution < -0.4 is 14.4 Å². The van der Waals surface area contributed by atoms with Crippen LogP contribution in [0.15, 0.2) is 42.5 Å². The van der Waals surface area contributed by atoms with Crippen molar-refractivity contribution in [2.75, 3.05) is 39.9 Å². The van der Waals surface area contributed by atoms with Crippen LogP contribution in [0.4, 0.5) is 0 Å². The summed E-state index contributed by atoms with van der Waals surface area (Å²) in [5, 5.41) is 0.669. The number of aryl methyl sites for hydroxylation is 1. The third-order valence-corrected chi connectivity index (χ3v) is 5.16. The predicted octanol–water partition coefficient (Wildman–Crippen LogP) is 1.96. The molecule has 0 radical (unpaired) electrons. The molecule has 2 aromatic rings. The number of halogens is 1. The van der Waals surface area contributed by atoms with E-state index in [2.05, 4.69) is 12.1 Å². The highest BCUT2D eigenvalue weighted by Gasteiger charge is 2.24. The van der Waals surface area contributed by atoms with E-state index in [0.29, 0.717) is 10.8 Å². The van der Waals surface area contributed by atoms with Gasteiger partial charge in [-0.1, -0.05) is 11.6 Å². The van der Waals surface area contributed by atoms with Gasteiger partial charge in [-0.05, 0) is 55.0 Å². The lowest BCUT2D eigenvalue weighted by Crippen LogP contribution is -3.13. The van der Waals surface area contributed by atoms with Gasteiger partial charge < -0.3 is 19.3 Å². The van der Waals surface area contributed by atoms with Crippen molar-refractivity contribution < 1.29 is 19.2 Å². The Morgan fingerprint density at radius 3 is 2.48 bits per heavy atom. The van der Waals surface area contributed by atoms with E-state index in [9.17, 15) is 4.79 Å². The lowest BCUT2D eigenvalue weighted by molar-refractivity contribution is -0.917. The van der Waals surface area contributed by atoms with E-state index in [1.165, 1.54) is 10.5 Å². The normalized spacial score (nSPS) is 14.9. The third kappa shape index (κ3) is 5.37. The summed E-state index contributed by atoms with van der Waals surface area (Å²) in [7, 11) is 1.68. The third-order valence-electron chi connectivity index (χ3n) is 4.92. The number of quaternary nitrogens is 1. The van der Waals surface area contributed by atoms with Gasteiger partial charge in [0, 0.05) is 10.6 Å². The van der Waals surface area contributed by atoms with Crippen LogP contribution in [-0.2, 0) is 11.3 Å². The number of carbonyl (C=O) groups is 1. The van der Waals surface area contributed by atoms with E-state index >= 15 is 0 Å². The highest BCUT2D eigenvalue weighted by atomic mass is 35.5. The average Bonchev–Trinajstić information content (AvgIpc) is 2.68. The molecule has 1 fully saturated rings. The summed E-state index contributed by atoms with van der Waals surface area (Å²) in [6, 6.07) is 13.6. The Morgan fingerprint density at radius 1 is 1.15 bits per heavy atom. The van der Waals surface area contributed by atoms with Crippen molar-refractivity contribution in [2.45, 2.75) is 13.5 Å². The van der Waals surface area contributed by atoms with Crippen LogP contribution >= 0.6 is 11.6 Å². The van der Waals surface area contributed by atoms with Crippen LogP contribution in [0.3, 0.4) is 0 Å². The Kier molecular flexibility index (Phi) is 6.58. The number of hydrogen-bond acceptors (Lipinski definition) is 3. The van der Waals surface area contributed by atoms with E-state index < -0.39 is 0 Å². The minimum Gasteiger partial charge on any atom is -0.497 e. The number of amides is 1. The molecule has 3 rings (SSSR count). The molecule has 144 valence electrons. The monoisotopic (exact) mass is 389 g/mol. The zero-order valence-electron chi connectivity index (χ0n) is 15.8. The van der Waals surface area contributed by atoms with Crippen LogP contribution in [0.25, 0.3) is 0 Å². The van der Waals surface area contributed by atoms with Crippen molar-refractivity contribution in [3.8, 4) is 11.5 Å². The first-order valence-electron chi connectivity index (χ1n) is 9.18. The van der Waals surface area contributed by atoms with Gasteiger partial charge in [0.15, 0.2) is 6.61 Å². The molecule has 1 aliphatic rings. The molecule has 27 heavy (non-hydrogen) atoms. The number of rotatable bonds is 6. The van der Waals surface area contributed by atoms with Gasteiger partial charge in [0.25, 0.3) is 5.91 Å². The van der Waals surface area contributed by atoms with Crippen molar-refractivity contribution in [1.29, 1.82) is 0 Å². The Bertz CT molecular complexity index is 771. The topological polar surface area (TPSA) is 43.2 Å². The van der Waals surface area contributed by atoms with Crippen molar-refractivity contribution in [3.63, 3.8) is 0 Å². The Hall–Kier alpha value is -2.24. The van der Waals surface area contributed by atoms with Crippen LogP contribution in [0.2, 0.25) is 5.02 Å². The summed E-state index contributed by atoms with van der Waals surface area (Å²) in [6.45, 7) is 6.35. The van der Waals surface area contributed by atoms with Crippen molar-refractivity contribution in [2.24, 2.45) is 0 Å². The fraction of sp³-hybridized carbons (Fsp3) is 0.381. The molecule has 5 nitrogen and oxygen atoms in total. The number of piperazine rings is 1. The van der Waals surface area contributed by atoms with Gasteiger partial charge in [0.05, 0.1) is 33.3 Å². The number of nitrogens with zero attached hydrogens (tertiary/aromatic N) is 1. The summed E-state index contributed by atoms with van der Waals surface area (Å²) in [6.07, 6.45) is 0. The summed E-state index contributed by atoms with van der Waals surface area (Å²) >= 11 is 5.95. The zero-order chi connectivity index (χ0) is 19.2. The lowest BCUT2D eigenvalue weighted by atomic mass is 10.2. The second-order valence-corrected chi connectivity index (χ2v) is 7.29. The number of nitrogens with one attached hydrogen (secondary N) is 1. The van der Waals surface area contributed by atoms with Crippen LogP contribution in [-0.4, -0.2) is 50.7 Å². The standard InChI is InChI=1S/C21H25ClN2O3/c1-16-13-18(22)5-8-20(16)27-15-21(25)24-11-9-23(10-12-24)14-17-3-6-19(26-2)7-4-17/h3-8,13H,9-12,14-15H2,1-2H3/p+1. The minimum atomic E-state index is 0.0350. The SMILES string of the molecule is COc1ccc(C[NH+]2CCN(C(=O)COc3ccc(Cl)cc3C)CC2)cc1. The number of hydrogen-bond donors (Lipinski definition) is 1. The average molecular weight is 390 g/mol. The molecule has 0 atom stereocenters. The molecule has 0 aliphatic carbocycles. The van der Waals surface area contributed by atoms with Gasteiger partial charge in [-0.2, -0.15) is 0 Å². The number of benzene rings is 2. The molecule has 0 unspecified atom stereocenters. The summed E-state index contributed by atoms with van der Waals surface area (Å²) < 4.78 is 10.9. The molecule has 0 bridgehead atoms. The summed E-state index contributed by atoms with van der Waals surface area (Å²) in [4.78, 5) is 15.8. The largest absolute Gasteiger partial charge is 0.497 e. The van der Waals surface area contributed by atoms with Gasteiger partial charge >= 0.3 is 0 Å². The number of carbonyl (C=O) groups excluding carboxylic acids is 1. The first kappa shape index (κ1) is 19.5. The smallest absolute Gasteiger partial charge is 0.260 e. The molecule has 0 spiro atoms. The summed E-state index contributed by atoms with van der Waals surface area (Å²) in [5.41, 5.74) is 2.22. The molecule has 6 heteroatoms. The van der Waals surface area contributed by atoms with Crippen molar-refractivity contribution in [1.82, 2.24) is 4.90 Å². The van der Waals surface area contributed by atoms with E-state index in [1.54, 1.807) is 13.2 Å². The van der Waals surface area contributed by atoms with Crippen LogP contribution in [0.1, 0.15) is 11.1 Å². The molecular weight excluding hydrogens is 364 g/mol. The van der Waals surface area contributed by atoms with Gasteiger partial charge in [-0.3, -0.25) is 4.79 Å². The molecular formula is C21H26ClN2O3+. The Morgan fingerprint density at radius 2 is 1.85 bits per heavy atom. The molecule has 1 heterocycles. The minimum absolute atomic E-state index is 0.0350. The highest BCUT2D eigenvalue weighted by Crippen LogP contribution is 2.21. The van der Waals surface area contributed by atoms with Gasteiger partial charge in [0.2, 0.25) is 0 Å². The van der Waals surface area contributed by atoms with Gasteiger partial charge in [0.1, 0.15) is 18.0 Å². The van der Waals surface area contributed by atoms with E-state index in [4.69, 9.17) is 21.1 Å². The quantitative estimate of drug-likeness (QED) is 0.821. The van der Waals surface area contributed by atoms with E-state index in [0.717, 1.165) is 44.0 Å². The lowest BCUT2D eigenvalue weighted by Gasteiger charge is -2.32. The first-order valence-corrected chi connectivity index (χ1v) is 9.56. The second-order valence-electron chi connectivity index (χ2n) is 6.85. The van der Waals surface area contributed by atoms with Crippen molar-refractivity contribution >= 4 is 17.5 Å². The van der Waals surface area contributed by atoms with E-state index in [-0.39, 0.29) is 12.5 Å². The Balaban J connectivity index is 1.44. The van der Waals surface area contributed by atoms with Gasteiger partial charge in [-0.15, -0.1) is 0 Å². The fourth-order valence-electron chi connectivity index (χ4n) is 3.29. The first-order chi connectivity index (χ1) is 13.0.